The lowest BCUT2D eigenvalue weighted by Gasteiger charge is -2.26. The lowest BCUT2D eigenvalue weighted by Crippen LogP contribution is -2.38. The number of hydrogen-bond acceptors (Lipinski definition) is 6. The summed E-state index contributed by atoms with van der Waals surface area (Å²) in [4.78, 5) is 12.9. The number of hydrogen-bond donors (Lipinski definition) is 1. The monoisotopic (exact) mass is 430 g/mol. The largest absolute Gasteiger partial charge is 0.383 e. The number of nitrogens with zero attached hydrogens (tertiary/aromatic N) is 5. The van der Waals surface area contributed by atoms with Crippen molar-refractivity contribution < 1.29 is 8.42 Å². The van der Waals surface area contributed by atoms with E-state index in [9.17, 15) is 8.42 Å². The second kappa shape index (κ2) is 9.53. The van der Waals surface area contributed by atoms with Crippen molar-refractivity contribution >= 4 is 27.0 Å². The van der Waals surface area contributed by atoms with Crippen molar-refractivity contribution in [3.05, 3.63) is 36.8 Å². The van der Waals surface area contributed by atoms with Crippen molar-refractivity contribution in [2.75, 3.05) is 24.6 Å². The highest BCUT2D eigenvalue weighted by Gasteiger charge is 2.24. The number of aryl methyl sites for hydroxylation is 1. The quantitative estimate of drug-likeness (QED) is 0.682. The van der Waals surface area contributed by atoms with E-state index in [1.54, 1.807) is 16.7 Å². The van der Waals surface area contributed by atoms with E-state index in [0.29, 0.717) is 11.6 Å². The van der Waals surface area contributed by atoms with E-state index in [4.69, 9.17) is 5.73 Å². The molecule has 0 saturated carbocycles. The zero-order chi connectivity index (χ0) is 21.7. The van der Waals surface area contributed by atoms with Gasteiger partial charge in [0.2, 0.25) is 10.0 Å². The van der Waals surface area contributed by atoms with Gasteiger partial charge in [0.05, 0.1) is 17.6 Å². The Bertz CT molecular complexity index is 1090. The van der Waals surface area contributed by atoms with Crippen LogP contribution in [-0.2, 0) is 17.1 Å². The Balaban J connectivity index is 0.000000178. The third-order valence-corrected chi connectivity index (χ3v) is 7.18. The molecular weight excluding hydrogens is 400 g/mol. The first-order valence-electron chi connectivity index (χ1n) is 10.2. The van der Waals surface area contributed by atoms with Gasteiger partial charge >= 0.3 is 0 Å². The van der Waals surface area contributed by atoms with Gasteiger partial charge in [0.25, 0.3) is 0 Å². The van der Waals surface area contributed by atoms with Gasteiger partial charge in [-0.3, -0.25) is 4.98 Å². The Morgan fingerprint density at radius 1 is 1.13 bits per heavy atom. The smallest absolute Gasteiger partial charge is 0.214 e. The van der Waals surface area contributed by atoms with Crippen LogP contribution < -0.4 is 5.73 Å². The average molecular weight is 431 g/mol. The molecule has 0 atom stereocenters. The van der Waals surface area contributed by atoms with Gasteiger partial charge in [-0.25, -0.2) is 22.7 Å². The van der Waals surface area contributed by atoms with E-state index >= 15 is 0 Å². The summed E-state index contributed by atoms with van der Waals surface area (Å²) in [5.41, 5.74) is 9.09. The maximum atomic E-state index is 11.7. The molecule has 1 saturated heterocycles. The summed E-state index contributed by atoms with van der Waals surface area (Å²) in [5.74, 6) is 0.995. The second-order valence-corrected chi connectivity index (χ2v) is 9.97. The fourth-order valence-electron chi connectivity index (χ4n) is 3.45. The molecule has 30 heavy (non-hydrogen) atoms. The maximum absolute atomic E-state index is 11.7. The van der Waals surface area contributed by atoms with Gasteiger partial charge in [-0.15, -0.1) is 0 Å². The van der Waals surface area contributed by atoms with Crippen LogP contribution in [0.15, 0.2) is 36.8 Å². The van der Waals surface area contributed by atoms with Gasteiger partial charge in [-0.05, 0) is 37.0 Å². The predicted molar refractivity (Wildman–Crippen MR) is 120 cm³/mol. The van der Waals surface area contributed by atoms with Crippen LogP contribution >= 0.6 is 0 Å². The minimum Gasteiger partial charge on any atom is -0.383 e. The van der Waals surface area contributed by atoms with Crippen molar-refractivity contribution in [1.82, 2.24) is 23.8 Å². The summed E-state index contributed by atoms with van der Waals surface area (Å²) in [6, 6.07) is 5.66. The minimum atomic E-state index is -2.95. The van der Waals surface area contributed by atoms with Crippen molar-refractivity contribution in [2.45, 2.75) is 33.1 Å². The van der Waals surface area contributed by atoms with Crippen LogP contribution in [0.2, 0.25) is 0 Å². The second-order valence-electron chi connectivity index (χ2n) is 7.96. The minimum absolute atomic E-state index is 0.229. The standard InChI is InChI=1S/C12H11N5.C9H19NO2S/c1-17-6-4-9-12(17)16-10(7-15-9)8-3-2-5-14-11(8)13;1-9(2)8-13(11,12)10-6-4-3-5-7-10/h2-7H,1H3,(H2,13,14);9H,3-8H2,1-2H3. The van der Waals surface area contributed by atoms with Crippen molar-refractivity contribution in [3.8, 4) is 11.3 Å². The number of aromatic nitrogens is 4. The number of nitrogens with two attached hydrogens (primary N) is 1. The van der Waals surface area contributed by atoms with Gasteiger partial charge in [0.15, 0.2) is 5.65 Å². The summed E-state index contributed by atoms with van der Waals surface area (Å²) in [7, 11) is -1.01. The van der Waals surface area contributed by atoms with Crippen LogP contribution in [-0.4, -0.2) is 51.1 Å². The average Bonchev–Trinajstić information content (AvgIpc) is 3.09. The molecule has 0 spiro atoms. The molecule has 0 bridgehead atoms. The molecule has 0 aliphatic carbocycles. The van der Waals surface area contributed by atoms with E-state index in [2.05, 4.69) is 15.0 Å². The number of rotatable bonds is 4. The zero-order valence-corrected chi connectivity index (χ0v) is 18.6. The van der Waals surface area contributed by atoms with E-state index < -0.39 is 10.0 Å². The summed E-state index contributed by atoms with van der Waals surface area (Å²) in [6.45, 7) is 5.35. The molecule has 0 amide bonds. The fourth-order valence-corrected chi connectivity index (χ4v) is 5.32. The first kappa shape index (κ1) is 22.2. The lowest BCUT2D eigenvalue weighted by molar-refractivity contribution is 0.344. The molecule has 1 aliphatic heterocycles. The first-order chi connectivity index (χ1) is 14.3. The van der Waals surface area contributed by atoms with Gasteiger partial charge in [-0.1, -0.05) is 20.3 Å². The third-order valence-electron chi connectivity index (χ3n) is 4.94. The van der Waals surface area contributed by atoms with Crippen LogP contribution in [0.1, 0.15) is 33.1 Å². The number of sulfonamides is 1. The molecule has 0 radical (unpaired) electrons. The highest BCUT2D eigenvalue weighted by molar-refractivity contribution is 7.89. The SMILES string of the molecule is CC(C)CS(=O)(=O)N1CCCCC1.Cn1ccc2ncc(-c3cccnc3N)nc21. The van der Waals surface area contributed by atoms with Crippen LogP contribution in [0.3, 0.4) is 0 Å². The van der Waals surface area contributed by atoms with E-state index in [0.717, 1.165) is 48.4 Å². The van der Waals surface area contributed by atoms with Crippen LogP contribution in [0.4, 0.5) is 5.82 Å². The summed E-state index contributed by atoms with van der Waals surface area (Å²) >= 11 is 0. The van der Waals surface area contributed by atoms with Crippen LogP contribution in [0.25, 0.3) is 22.4 Å². The van der Waals surface area contributed by atoms with Crippen LogP contribution in [0, 0.1) is 5.92 Å². The Morgan fingerprint density at radius 3 is 2.53 bits per heavy atom. The molecule has 8 nitrogen and oxygen atoms in total. The predicted octanol–water partition coefficient (Wildman–Crippen LogP) is 3.07. The third kappa shape index (κ3) is 5.34. The summed E-state index contributed by atoms with van der Waals surface area (Å²) in [6.07, 6.45) is 8.53. The number of piperidine rings is 1. The molecule has 1 aliphatic rings. The van der Waals surface area contributed by atoms with E-state index in [-0.39, 0.29) is 5.92 Å². The first-order valence-corrected chi connectivity index (χ1v) is 11.9. The molecule has 2 N–H and O–H groups in total. The Labute approximate surface area is 178 Å². The molecule has 3 aromatic heterocycles. The van der Waals surface area contributed by atoms with Crippen molar-refractivity contribution in [3.63, 3.8) is 0 Å². The normalized spacial score (nSPS) is 15.2. The number of pyridine rings is 1. The molecular formula is C21H30N6O2S. The van der Waals surface area contributed by atoms with Gasteiger partial charge in [-0.2, -0.15) is 0 Å². The molecule has 0 aromatic carbocycles. The number of nitrogen functional groups attached to an aromatic ring is 1. The molecule has 1 fully saturated rings. The Morgan fingerprint density at radius 2 is 1.87 bits per heavy atom. The molecule has 4 heterocycles. The zero-order valence-electron chi connectivity index (χ0n) is 17.8. The molecule has 9 heteroatoms. The number of fused-ring (bicyclic) bond motifs is 1. The molecule has 162 valence electrons. The lowest BCUT2D eigenvalue weighted by atomic mass is 10.2. The van der Waals surface area contributed by atoms with E-state index in [1.165, 1.54) is 6.42 Å². The Hall–Kier alpha value is -2.52. The van der Waals surface area contributed by atoms with Gasteiger partial charge in [0.1, 0.15) is 11.3 Å². The molecule has 4 rings (SSSR count). The Kier molecular flexibility index (Phi) is 7.04. The summed E-state index contributed by atoms with van der Waals surface area (Å²) < 4.78 is 27.0. The van der Waals surface area contributed by atoms with Crippen LogP contribution in [0.5, 0.6) is 0 Å². The van der Waals surface area contributed by atoms with Gasteiger partial charge < -0.3 is 10.3 Å². The molecule has 3 aromatic rings. The topological polar surface area (TPSA) is 107 Å². The van der Waals surface area contributed by atoms with E-state index in [1.807, 2.05) is 49.9 Å². The van der Waals surface area contributed by atoms with Crippen molar-refractivity contribution in [2.24, 2.45) is 13.0 Å². The maximum Gasteiger partial charge on any atom is 0.214 e. The number of anilines is 1. The van der Waals surface area contributed by atoms with Crippen molar-refractivity contribution in [1.29, 1.82) is 0 Å². The van der Waals surface area contributed by atoms with Gasteiger partial charge in [0, 0.05) is 38.1 Å². The fraction of sp³-hybridized carbons (Fsp3) is 0.476. The summed E-state index contributed by atoms with van der Waals surface area (Å²) in [5, 5.41) is 0. The highest BCUT2D eigenvalue weighted by atomic mass is 32.2. The molecule has 0 unspecified atom stereocenters. The highest BCUT2D eigenvalue weighted by Crippen LogP contribution is 2.23.